The number of sulfone groups is 1. The lowest BCUT2D eigenvalue weighted by Gasteiger charge is -2.30. The molecule has 0 unspecified atom stereocenters. The second kappa shape index (κ2) is 14.5. The maximum Gasteiger partial charge on any atom is 0.266 e. The van der Waals surface area contributed by atoms with Crippen LogP contribution in [0.5, 0.6) is 5.75 Å². The molecule has 3 N–H and O–H groups in total. The third kappa shape index (κ3) is 7.78. The Bertz CT molecular complexity index is 1710. The van der Waals surface area contributed by atoms with E-state index in [1.807, 2.05) is 61.5 Å². The first kappa shape index (κ1) is 31.9. The van der Waals surface area contributed by atoms with Crippen molar-refractivity contribution in [3.05, 3.63) is 131 Å². The topological polar surface area (TPSA) is 126 Å². The average Bonchev–Trinajstić information content (AvgIpc) is 3.46. The molecule has 0 saturated heterocycles. The van der Waals surface area contributed by atoms with E-state index < -0.39 is 27.4 Å². The van der Waals surface area contributed by atoms with Crippen molar-refractivity contribution >= 4 is 21.6 Å². The Morgan fingerprint density at radius 3 is 2.36 bits per heavy atom. The predicted molar refractivity (Wildman–Crippen MR) is 172 cm³/mol. The van der Waals surface area contributed by atoms with Crippen molar-refractivity contribution in [1.82, 2.24) is 10.9 Å². The quantitative estimate of drug-likeness (QED) is 0.137. The van der Waals surface area contributed by atoms with Gasteiger partial charge in [0.1, 0.15) is 5.75 Å². The lowest BCUT2D eigenvalue weighted by atomic mass is 9.85. The van der Waals surface area contributed by atoms with E-state index in [1.54, 1.807) is 54.6 Å². The van der Waals surface area contributed by atoms with Crippen molar-refractivity contribution in [2.24, 2.45) is 4.99 Å². The molecule has 1 aliphatic rings. The Hall–Kier alpha value is -4.51. The zero-order chi connectivity index (χ0) is 31.7. The van der Waals surface area contributed by atoms with Crippen molar-refractivity contribution in [2.75, 3.05) is 19.0 Å². The third-order valence-corrected chi connectivity index (χ3v) is 9.30. The molecular formula is C35H37N3O6S. The number of aryl methyl sites for hydroxylation is 1. The van der Waals surface area contributed by atoms with Gasteiger partial charge in [0.05, 0.1) is 17.3 Å². The van der Waals surface area contributed by atoms with Gasteiger partial charge >= 0.3 is 0 Å². The van der Waals surface area contributed by atoms with Gasteiger partial charge in [-0.1, -0.05) is 78.4 Å². The van der Waals surface area contributed by atoms with Crippen LogP contribution in [0, 0.1) is 6.92 Å². The summed E-state index contributed by atoms with van der Waals surface area (Å²) in [5.41, 5.74) is 7.57. The zero-order valence-corrected chi connectivity index (χ0v) is 25.9. The summed E-state index contributed by atoms with van der Waals surface area (Å²) < 4.78 is 39.0. The summed E-state index contributed by atoms with van der Waals surface area (Å²) in [5.74, 6) is -0.00434. The van der Waals surface area contributed by atoms with Gasteiger partial charge in [-0.2, -0.15) is 0 Å². The van der Waals surface area contributed by atoms with E-state index in [-0.39, 0.29) is 29.6 Å². The lowest BCUT2D eigenvalue weighted by molar-refractivity contribution is -0.130. The van der Waals surface area contributed by atoms with Gasteiger partial charge in [0, 0.05) is 31.6 Å². The zero-order valence-electron chi connectivity index (χ0n) is 25.1. The van der Waals surface area contributed by atoms with Crippen molar-refractivity contribution in [2.45, 2.75) is 42.8 Å². The van der Waals surface area contributed by atoms with Crippen LogP contribution in [0.3, 0.4) is 0 Å². The lowest BCUT2D eigenvalue weighted by Crippen LogP contribution is -2.53. The highest BCUT2D eigenvalue weighted by Crippen LogP contribution is 2.43. The standard InChI is InChI=1S/C35H37N3O6S/c1-26-10-8-11-27(24-26)25-36-38-34(40)35(20-23-45(41,42)31-14-6-3-7-15-31)32(28-12-4-2-5-13-28)44-33(37-35)29-16-18-30(19-17-29)43-22-9-21-39/h2-8,10-19,24,32,36,39H,9,20-23,25H2,1H3,(H,38,40)/t32-,35-/m0/s1. The van der Waals surface area contributed by atoms with Gasteiger partial charge in [-0.05, 0) is 54.4 Å². The van der Waals surface area contributed by atoms with E-state index in [2.05, 4.69) is 10.9 Å². The summed E-state index contributed by atoms with van der Waals surface area (Å²) in [4.78, 5) is 19.3. The van der Waals surface area contributed by atoms with Crippen LogP contribution < -0.4 is 15.6 Å². The van der Waals surface area contributed by atoms with Crippen LogP contribution in [0.4, 0.5) is 0 Å². The van der Waals surface area contributed by atoms with E-state index in [4.69, 9.17) is 19.6 Å². The highest BCUT2D eigenvalue weighted by molar-refractivity contribution is 7.91. The number of aliphatic hydroxyl groups is 1. The predicted octanol–water partition coefficient (Wildman–Crippen LogP) is 4.70. The first-order chi connectivity index (χ1) is 21.8. The van der Waals surface area contributed by atoms with Crippen LogP contribution in [0.15, 0.2) is 119 Å². The monoisotopic (exact) mass is 627 g/mol. The highest BCUT2D eigenvalue weighted by Gasteiger charge is 2.53. The molecule has 0 aromatic heterocycles. The number of rotatable bonds is 14. The molecule has 1 aliphatic heterocycles. The third-order valence-electron chi connectivity index (χ3n) is 7.56. The van der Waals surface area contributed by atoms with Crippen molar-refractivity contribution in [3.63, 3.8) is 0 Å². The minimum absolute atomic E-state index is 0.0353. The molecule has 0 radical (unpaired) electrons. The molecule has 45 heavy (non-hydrogen) atoms. The van der Waals surface area contributed by atoms with Crippen LogP contribution in [-0.4, -0.2) is 49.8 Å². The Morgan fingerprint density at radius 2 is 1.67 bits per heavy atom. The van der Waals surface area contributed by atoms with Crippen LogP contribution in [-0.2, 0) is 25.9 Å². The van der Waals surface area contributed by atoms with Gasteiger partial charge in [-0.3, -0.25) is 10.2 Å². The SMILES string of the molecule is Cc1cccc(CNNC(=O)[C@@]2(CCS(=O)(=O)c3ccccc3)N=C(c3ccc(OCCCO)cc3)O[C@H]2c2ccccc2)c1. The van der Waals surface area contributed by atoms with Gasteiger partial charge in [-0.15, -0.1) is 0 Å². The number of amides is 1. The molecule has 4 aromatic rings. The second-order valence-corrected chi connectivity index (χ2v) is 13.0. The largest absolute Gasteiger partial charge is 0.494 e. The molecule has 0 spiro atoms. The molecule has 0 aliphatic carbocycles. The molecule has 234 valence electrons. The van der Waals surface area contributed by atoms with E-state index >= 15 is 0 Å². The first-order valence-corrected chi connectivity index (χ1v) is 16.5. The van der Waals surface area contributed by atoms with Crippen LogP contribution in [0.1, 0.15) is 41.2 Å². The summed E-state index contributed by atoms with van der Waals surface area (Å²) in [6.07, 6.45) is -0.522. The number of hydrogen-bond donors (Lipinski definition) is 3. The van der Waals surface area contributed by atoms with Gasteiger partial charge in [0.25, 0.3) is 5.91 Å². The summed E-state index contributed by atoms with van der Waals surface area (Å²) in [7, 11) is -3.75. The summed E-state index contributed by atoms with van der Waals surface area (Å²) in [6.45, 7) is 2.76. The molecule has 4 aromatic carbocycles. The van der Waals surface area contributed by atoms with E-state index in [9.17, 15) is 13.2 Å². The molecule has 0 fully saturated rings. The number of carbonyl (C=O) groups excluding carboxylic acids is 1. The smallest absolute Gasteiger partial charge is 0.266 e. The van der Waals surface area contributed by atoms with Gasteiger partial charge < -0.3 is 14.6 Å². The van der Waals surface area contributed by atoms with Crippen LogP contribution in [0.25, 0.3) is 0 Å². The summed E-state index contributed by atoms with van der Waals surface area (Å²) >= 11 is 0. The Labute approximate surface area is 263 Å². The fourth-order valence-electron chi connectivity index (χ4n) is 5.19. The Balaban J connectivity index is 1.49. The normalized spacial score (nSPS) is 17.7. The molecule has 5 rings (SSSR count). The molecular weight excluding hydrogens is 590 g/mol. The summed E-state index contributed by atoms with van der Waals surface area (Å²) in [5, 5.41) is 9.04. The molecule has 10 heteroatoms. The summed E-state index contributed by atoms with van der Waals surface area (Å²) in [6, 6.07) is 32.4. The fraction of sp³-hybridized carbons (Fsp3) is 0.257. The van der Waals surface area contributed by atoms with Crippen molar-refractivity contribution in [1.29, 1.82) is 0 Å². The number of aliphatic hydroxyl groups excluding tert-OH is 1. The van der Waals surface area contributed by atoms with Crippen molar-refractivity contribution in [3.8, 4) is 5.75 Å². The number of hydrazine groups is 1. The molecule has 1 heterocycles. The van der Waals surface area contributed by atoms with Gasteiger partial charge in [0.2, 0.25) is 5.90 Å². The number of carbonyl (C=O) groups is 1. The number of ether oxygens (including phenoxy) is 2. The average molecular weight is 628 g/mol. The minimum atomic E-state index is -3.75. The molecule has 0 saturated carbocycles. The maximum absolute atomic E-state index is 14.2. The van der Waals surface area contributed by atoms with E-state index in [0.29, 0.717) is 36.4 Å². The number of nitrogens with zero attached hydrogens (tertiary/aromatic N) is 1. The number of benzene rings is 4. The number of hydrogen-bond acceptors (Lipinski definition) is 8. The van der Waals surface area contributed by atoms with Gasteiger partial charge in [-0.25, -0.2) is 18.8 Å². The number of nitrogens with one attached hydrogen (secondary N) is 2. The Morgan fingerprint density at radius 1 is 0.956 bits per heavy atom. The van der Waals surface area contributed by atoms with Crippen LogP contribution >= 0.6 is 0 Å². The fourth-order valence-corrected chi connectivity index (χ4v) is 6.58. The maximum atomic E-state index is 14.2. The molecule has 0 bridgehead atoms. The van der Waals surface area contributed by atoms with Crippen LogP contribution in [0.2, 0.25) is 0 Å². The first-order valence-electron chi connectivity index (χ1n) is 14.8. The molecule has 2 atom stereocenters. The van der Waals surface area contributed by atoms with E-state index in [0.717, 1.165) is 11.1 Å². The van der Waals surface area contributed by atoms with Crippen molar-refractivity contribution < 1.29 is 27.8 Å². The minimum Gasteiger partial charge on any atom is -0.494 e. The van der Waals surface area contributed by atoms with Gasteiger partial charge in [0.15, 0.2) is 21.5 Å². The molecule has 9 nitrogen and oxygen atoms in total. The molecule has 1 amide bonds. The second-order valence-electron chi connectivity index (χ2n) is 10.9. The number of aliphatic imine (C=N–C) groups is 1. The highest BCUT2D eigenvalue weighted by atomic mass is 32.2. The Kier molecular flexibility index (Phi) is 10.3. The van der Waals surface area contributed by atoms with E-state index in [1.165, 1.54) is 0 Å².